The largest absolute Gasteiger partial charge is 0.331 e. The lowest BCUT2D eigenvalue weighted by atomic mass is 10.3. The van der Waals surface area contributed by atoms with Crippen LogP contribution in [0, 0.1) is 0 Å². The summed E-state index contributed by atoms with van der Waals surface area (Å²) in [5, 5.41) is 3.59. The Morgan fingerprint density at radius 2 is 2.29 bits per heavy atom. The molecule has 70 valence electrons. The van der Waals surface area contributed by atoms with Gasteiger partial charge in [-0.25, -0.2) is 0 Å². The van der Waals surface area contributed by atoms with E-state index in [2.05, 4.69) is 35.6 Å². The third-order valence-electron chi connectivity index (χ3n) is 1.50. The van der Waals surface area contributed by atoms with Crippen molar-refractivity contribution in [2.45, 2.75) is 0 Å². The maximum atomic E-state index is 10.3. The third-order valence-corrected chi connectivity index (χ3v) is 1.97. The van der Waals surface area contributed by atoms with Crippen molar-refractivity contribution in [1.82, 2.24) is 15.1 Å². The predicted octanol–water partition coefficient (Wildman–Crippen LogP) is 1.71. The first-order chi connectivity index (χ1) is 6.79. The summed E-state index contributed by atoms with van der Waals surface area (Å²) in [6, 6.07) is 3.53. The molecule has 0 bridgehead atoms. The van der Waals surface area contributed by atoms with Gasteiger partial charge < -0.3 is 4.52 Å². The molecule has 2 aromatic heterocycles. The molecule has 0 aliphatic rings. The van der Waals surface area contributed by atoms with Gasteiger partial charge in [0.05, 0.1) is 0 Å². The van der Waals surface area contributed by atoms with E-state index < -0.39 is 0 Å². The number of carbonyl (C=O) groups is 1. The van der Waals surface area contributed by atoms with Crippen LogP contribution in [-0.2, 0) is 0 Å². The molecule has 6 heteroatoms. The van der Waals surface area contributed by atoms with Gasteiger partial charge in [0.25, 0.3) is 5.89 Å². The monoisotopic (exact) mass is 253 g/mol. The fourth-order valence-electron chi connectivity index (χ4n) is 0.895. The zero-order valence-electron chi connectivity index (χ0n) is 6.85. The Morgan fingerprint density at radius 1 is 1.43 bits per heavy atom. The van der Waals surface area contributed by atoms with Gasteiger partial charge in [-0.05, 0) is 28.1 Å². The Labute approximate surface area is 87.3 Å². The number of hydrogen-bond donors (Lipinski definition) is 0. The molecule has 14 heavy (non-hydrogen) atoms. The number of aldehydes is 1. The van der Waals surface area contributed by atoms with E-state index in [0.717, 1.165) is 4.47 Å². The van der Waals surface area contributed by atoms with E-state index in [1.807, 2.05) is 0 Å². The lowest BCUT2D eigenvalue weighted by Gasteiger charge is -1.91. The SMILES string of the molecule is O=Cc1nc(-c2ccc(Br)cn2)no1. The van der Waals surface area contributed by atoms with Crippen LogP contribution >= 0.6 is 15.9 Å². The topological polar surface area (TPSA) is 68.9 Å². The summed E-state index contributed by atoms with van der Waals surface area (Å²) in [7, 11) is 0. The summed E-state index contributed by atoms with van der Waals surface area (Å²) < 4.78 is 5.48. The van der Waals surface area contributed by atoms with Gasteiger partial charge in [0.2, 0.25) is 12.1 Å². The molecule has 0 aliphatic heterocycles. The van der Waals surface area contributed by atoms with Gasteiger partial charge in [0, 0.05) is 10.7 Å². The lowest BCUT2D eigenvalue weighted by Crippen LogP contribution is -1.85. The molecule has 0 saturated heterocycles. The molecule has 2 rings (SSSR count). The fraction of sp³-hybridized carbons (Fsp3) is 0. The lowest BCUT2D eigenvalue weighted by molar-refractivity contribution is 0.108. The zero-order chi connectivity index (χ0) is 9.97. The van der Waals surface area contributed by atoms with Crippen molar-refractivity contribution in [2.75, 3.05) is 0 Å². The fourth-order valence-corrected chi connectivity index (χ4v) is 1.13. The minimum absolute atomic E-state index is 0.0512. The molecule has 0 aliphatic carbocycles. The van der Waals surface area contributed by atoms with Crippen molar-refractivity contribution in [3.63, 3.8) is 0 Å². The van der Waals surface area contributed by atoms with Crippen LogP contribution in [0.25, 0.3) is 11.5 Å². The molecule has 0 radical (unpaired) electrons. The minimum atomic E-state index is -0.0512. The number of pyridine rings is 1. The average molecular weight is 254 g/mol. The molecular formula is C8H4BrN3O2. The molecule has 0 spiro atoms. The number of hydrogen-bond acceptors (Lipinski definition) is 5. The Morgan fingerprint density at radius 3 is 2.86 bits per heavy atom. The van der Waals surface area contributed by atoms with Crippen LogP contribution in [0.1, 0.15) is 10.7 Å². The highest BCUT2D eigenvalue weighted by Crippen LogP contribution is 2.15. The van der Waals surface area contributed by atoms with E-state index in [4.69, 9.17) is 0 Å². The van der Waals surface area contributed by atoms with Gasteiger partial charge in [-0.3, -0.25) is 9.78 Å². The summed E-state index contributed by atoms with van der Waals surface area (Å²) in [5.41, 5.74) is 0.560. The molecule has 5 nitrogen and oxygen atoms in total. The number of nitrogens with zero attached hydrogens (tertiary/aromatic N) is 3. The van der Waals surface area contributed by atoms with Crippen molar-refractivity contribution in [3.8, 4) is 11.5 Å². The molecule has 2 heterocycles. The van der Waals surface area contributed by atoms with Crippen molar-refractivity contribution < 1.29 is 9.32 Å². The van der Waals surface area contributed by atoms with E-state index >= 15 is 0 Å². The van der Waals surface area contributed by atoms with Crippen LogP contribution < -0.4 is 0 Å². The minimum Gasteiger partial charge on any atom is -0.331 e. The summed E-state index contributed by atoms with van der Waals surface area (Å²) in [6.07, 6.45) is 2.11. The van der Waals surface area contributed by atoms with Gasteiger partial charge in [0.15, 0.2) is 0 Å². The first kappa shape index (κ1) is 9.01. The molecular weight excluding hydrogens is 250 g/mol. The number of halogens is 1. The standard InChI is InChI=1S/C8H4BrN3O2/c9-5-1-2-6(10-3-5)8-11-7(4-13)14-12-8/h1-4H. The Kier molecular flexibility index (Phi) is 2.36. The van der Waals surface area contributed by atoms with Crippen LogP contribution in [-0.4, -0.2) is 21.4 Å². The second-order valence-corrected chi connectivity index (χ2v) is 3.35. The maximum absolute atomic E-state index is 10.3. The Bertz CT molecular complexity index is 452. The van der Waals surface area contributed by atoms with Gasteiger partial charge in [-0.2, -0.15) is 4.98 Å². The van der Waals surface area contributed by atoms with E-state index in [0.29, 0.717) is 17.8 Å². The molecule has 0 amide bonds. The third kappa shape index (κ3) is 1.69. The maximum Gasteiger partial charge on any atom is 0.291 e. The average Bonchev–Trinajstić information content (AvgIpc) is 2.67. The molecule has 0 atom stereocenters. The second kappa shape index (κ2) is 3.67. The highest BCUT2D eigenvalue weighted by Gasteiger charge is 2.07. The second-order valence-electron chi connectivity index (χ2n) is 2.44. The number of rotatable bonds is 2. The van der Waals surface area contributed by atoms with E-state index in [1.54, 1.807) is 18.3 Å². The Hall–Kier alpha value is -1.56. The van der Waals surface area contributed by atoms with E-state index in [9.17, 15) is 4.79 Å². The van der Waals surface area contributed by atoms with E-state index in [-0.39, 0.29) is 5.89 Å². The number of carbonyl (C=O) groups excluding carboxylic acids is 1. The van der Waals surface area contributed by atoms with Crippen LogP contribution in [0.15, 0.2) is 27.3 Å². The van der Waals surface area contributed by atoms with Gasteiger partial charge in [-0.15, -0.1) is 0 Å². The first-order valence-electron chi connectivity index (χ1n) is 3.70. The molecule has 0 aromatic carbocycles. The van der Waals surface area contributed by atoms with Crippen LogP contribution in [0.4, 0.5) is 0 Å². The highest BCUT2D eigenvalue weighted by atomic mass is 79.9. The van der Waals surface area contributed by atoms with Gasteiger partial charge in [-0.1, -0.05) is 5.16 Å². The van der Waals surface area contributed by atoms with Gasteiger partial charge >= 0.3 is 0 Å². The normalized spacial score (nSPS) is 10.1. The summed E-state index contributed by atoms with van der Waals surface area (Å²) in [5.74, 6) is 0.254. The molecule has 0 N–H and O–H groups in total. The summed E-state index contributed by atoms with van der Waals surface area (Å²) in [6.45, 7) is 0. The zero-order valence-corrected chi connectivity index (χ0v) is 8.43. The van der Waals surface area contributed by atoms with Crippen molar-refractivity contribution in [1.29, 1.82) is 0 Å². The van der Waals surface area contributed by atoms with Crippen molar-refractivity contribution in [3.05, 3.63) is 28.7 Å². The van der Waals surface area contributed by atoms with Crippen molar-refractivity contribution >= 4 is 22.2 Å². The highest BCUT2D eigenvalue weighted by molar-refractivity contribution is 9.10. The summed E-state index contributed by atoms with van der Waals surface area (Å²) >= 11 is 3.25. The summed E-state index contributed by atoms with van der Waals surface area (Å²) in [4.78, 5) is 18.1. The van der Waals surface area contributed by atoms with E-state index in [1.165, 1.54) is 0 Å². The molecule has 0 unspecified atom stereocenters. The first-order valence-corrected chi connectivity index (χ1v) is 4.50. The molecule has 0 saturated carbocycles. The molecule has 0 fully saturated rings. The smallest absolute Gasteiger partial charge is 0.291 e. The van der Waals surface area contributed by atoms with Gasteiger partial charge in [0.1, 0.15) is 5.69 Å². The van der Waals surface area contributed by atoms with Crippen molar-refractivity contribution in [2.24, 2.45) is 0 Å². The quantitative estimate of drug-likeness (QED) is 0.763. The van der Waals surface area contributed by atoms with Crippen LogP contribution in [0.3, 0.4) is 0 Å². The van der Waals surface area contributed by atoms with Crippen LogP contribution in [0.5, 0.6) is 0 Å². The Balaban J connectivity index is 2.39. The number of aromatic nitrogens is 3. The molecule has 2 aromatic rings. The van der Waals surface area contributed by atoms with Crippen LogP contribution in [0.2, 0.25) is 0 Å². The predicted molar refractivity (Wildman–Crippen MR) is 50.6 cm³/mol.